The smallest absolute Gasteiger partial charge is 0.0497 e. The molecule has 4 atom stereocenters. The fourth-order valence-electron chi connectivity index (χ4n) is 5.01. The van der Waals surface area contributed by atoms with E-state index in [1.807, 2.05) is 0 Å². The lowest BCUT2D eigenvalue weighted by molar-refractivity contribution is 0.00247. The van der Waals surface area contributed by atoms with Crippen LogP contribution in [0.4, 0.5) is 0 Å². The Labute approximate surface area is 133 Å². The highest BCUT2D eigenvalue weighted by atomic mass is 16.5. The van der Waals surface area contributed by atoms with Gasteiger partial charge in [-0.3, -0.25) is 0 Å². The molecule has 21 heavy (non-hydrogen) atoms. The molecule has 0 aromatic heterocycles. The van der Waals surface area contributed by atoms with Crippen LogP contribution in [0.15, 0.2) is 0 Å². The summed E-state index contributed by atoms with van der Waals surface area (Å²) < 4.78 is 6.27. The Bertz CT molecular complexity index is 256. The monoisotopic (exact) mass is 294 g/mol. The predicted molar refractivity (Wildman–Crippen MR) is 91.4 cm³/mol. The number of hydrogen-bond donors (Lipinski definition) is 0. The van der Waals surface area contributed by atoms with Crippen LogP contribution in [0.1, 0.15) is 79.1 Å². The molecule has 0 spiro atoms. The highest BCUT2D eigenvalue weighted by Crippen LogP contribution is 2.37. The molecular formula is C20H38O. The summed E-state index contributed by atoms with van der Waals surface area (Å²) >= 11 is 0. The summed E-state index contributed by atoms with van der Waals surface area (Å²) in [7, 11) is 0. The van der Waals surface area contributed by atoms with Crippen molar-refractivity contribution in [3.63, 3.8) is 0 Å². The molecule has 2 rings (SSSR count). The van der Waals surface area contributed by atoms with E-state index in [1.165, 1.54) is 51.4 Å². The fourth-order valence-corrected chi connectivity index (χ4v) is 5.01. The van der Waals surface area contributed by atoms with Crippen LogP contribution in [0.25, 0.3) is 0 Å². The summed E-state index contributed by atoms with van der Waals surface area (Å²) in [5.41, 5.74) is 0. The fraction of sp³-hybridized carbons (Fsp3) is 1.00. The Morgan fingerprint density at radius 1 is 0.667 bits per heavy atom. The summed E-state index contributed by atoms with van der Waals surface area (Å²) in [6.45, 7) is 11.7. The Hall–Kier alpha value is -0.0400. The van der Waals surface area contributed by atoms with Crippen molar-refractivity contribution in [2.45, 2.75) is 79.1 Å². The van der Waals surface area contributed by atoms with Crippen molar-refractivity contribution in [2.24, 2.45) is 35.5 Å². The lowest BCUT2D eigenvalue weighted by Crippen LogP contribution is -2.31. The molecule has 4 unspecified atom stereocenters. The SMILES string of the molecule is CC(C)C1CCCCC1COCC1CCCCC1C(C)C. The molecule has 2 fully saturated rings. The molecule has 0 saturated heterocycles. The van der Waals surface area contributed by atoms with E-state index in [-0.39, 0.29) is 0 Å². The quantitative estimate of drug-likeness (QED) is 0.590. The molecule has 2 saturated carbocycles. The Balaban J connectivity index is 1.76. The molecule has 1 heteroatoms. The second-order valence-corrected chi connectivity index (χ2v) is 8.44. The van der Waals surface area contributed by atoms with Crippen LogP contribution in [-0.2, 0) is 4.74 Å². The normalized spacial score (nSPS) is 34.6. The Morgan fingerprint density at radius 3 is 1.43 bits per heavy atom. The maximum atomic E-state index is 6.27. The van der Waals surface area contributed by atoms with Gasteiger partial charge in [0.25, 0.3) is 0 Å². The molecule has 0 aliphatic heterocycles. The minimum atomic E-state index is 0.831. The largest absolute Gasteiger partial charge is 0.381 e. The maximum Gasteiger partial charge on any atom is 0.0497 e. The van der Waals surface area contributed by atoms with Gasteiger partial charge in [0.05, 0.1) is 0 Å². The number of hydrogen-bond acceptors (Lipinski definition) is 1. The number of rotatable bonds is 6. The van der Waals surface area contributed by atoms with Gasteiger partial charge in [-0.15, -0.1) is 0 Å². The van der Waals surface area contributed by atoms with Crippen LogP contribution in [-0.4, -0.2) is 13.2 Å². The van der Waals surface area contributed by atoms with E-state index in [1.54, 1.807) is 0 Å². The van der Waals surface area contributed by atoms with E-state index in [0.717, 1.165) is 48.7 Å². The van der Waals surface area contributed by atoms with Crippen molar-refractivity contribution in [1.82, 2.24) is 0 Å². The second-order valence-electron chi connectivity index (χ2n) is 8.44. The van der Waals surface area contributed by atoms with Gasteiger partial charge < -0.3 is 4.74 Å². The molecule has 0 aromatic rings. The van der Waals surface area contributed by atoms with Crippen molar-refractivity contribution >= 4 is 0 Å². The van der Waals surface area contributed by atoms with Gasteiger partial charge in [0.15, 0.2) is 0 Å². The zero-order valence-electron chi connectivity index (χ0n) is 14.9. The highest BCUT2D eigenvalue weighted by Gasteiger charge is 2.30. The van der Waals surface area contributed by atoms with Gasteiger partial charge >= 0.3 is 0 Å². The van der Waals surface area contributed by atoms with Crippen molar-refractivity contribution < 1.29 is 4.74 Å². The topological polar surface area (TPSA) is 9.23 Å². The van der Waals surface area contributed by atoms with Gasteiger partial charge in [0, 0.05) is 13.2 Å². The van der Waals surface area contributed by atoms with Crippen LogP contribution in [0.2, 0.25) is 0 Å². The van der Waals surface area contributed by atoms with Crippen LogP contribution in [0.3, 0.4) is 0 Å². The first-order valence-corrected chi connectivity index (χ1v) is 9.67. The van der Waals surface area contributed by atoms with Gasteiger partial charge in [-0.25, -0.2) is 0 Å². The maximum absolute atomic E-state index is 6.27. The van der Waals surface area contributed by atoms with E-state index in [9.17, 15) is 0 Å². The van der Waals surface area contributed by atoms with Gasteiger partial charge in [0.1, 0.15) is 0 Å². The minimum Gasteiger partial charge on any atom is -0.381 e. The first-order valence-electron chi connectivity index (χ1n) is 9.67. The summed E-state index contributed by atoms with van der Waals surface area (Å²) in [5, 5.41) is 0. The zero-order chi connectivity index (χ0) is 15.2. The first kappa shape index (κ1) is 17.3. The van der Waals surface area contributed by atoms with Crippen LogP contribution >= 0.6 is 0 Å². The predicted octanol–water partition coefficient (Wildman–Crippen LogP) is 5.93. The average molecular weight is 295 g/mol. The summed E-state index contributed by atoms with van der Waals surface area (Å²) in [4.78, 5) is 0. The van der Waals surface area contributed by atoms with Gasteiger partial charge in [-0.1, -0.05) is 53.4 Å². The van der Waals surface area contributed by atoms with E-state index in [2.05, 4.69) is 27.7 Å². The average Bonchev–Trinajstić information content (AvgIpc) is 2.48. The Kier molecular flexibility index (Phi) is 7.05. The first-order chi connectivity index (χ1) is 10.1. The van der Waals surface area contributed by atoms with E-state index >= 15 is 0 Å². The van der Waals surface area contributed by atoms with Gasteiger partial charge in [-0.2, -0.15) is 0 Å². The molecule has 0 radical (unpaired) electrons. The van der Waals surface area contributed by atoms with Crippen LogP contribution in [0.5, 0.6) is 0 Å². The molecule has 0 N–H and O–H groups in total. The van der Waals surface area contributed by atoms with E-state index in [0.29, 0.717) is 0 Å². The third-order valence-corrected chi connectivity index (χ3v) is 6.31. The lowest BCUT2D eigenvalue weighted by atomic mass is 9.73. The van der Waals surface area contributed by atoms with Gasteiger partial charge in [-0.05, 0) is 61.2 Å². The molecule has 1 nitrogen and oxygen atoms in total. The van der Waals surface area contributed by atoms with Crippen molar-refractivity contribution in [3.8, 4) is 0 Å². The van der Waals surface area contributed by atoms with Crippen LogP contribution < -0.4 is 0 Å². The molecule has 2 aliphatic carbocycles. The molecule has 124 valence electrons. The molecule has 0 bridgehead atoms. The van der Waals surface area contributed by atoms with Crippen molar-refractivity contribution in [3.05, 3.63) is 0 Å². The third-order valence-electron chi connectivity index (χ3n) is 6.31. The molecule has 0 amide bonds. The van der Waals surface area contributed by atoms with Crippen LogP contribution in [0, 0.1) is 35.5 Å². The molecule has 2 aliphatic rings. The molecule has 0 aromatic carbocycles. The lowest BCUT2D eigenvalue weighted by Gasteiger charge is -2.36. The summed E-state index contributed by atoms with van der Waals surface area (Å²) in [6, 6.07) is 0. The summed E-state index contributed by atoms with van der Waals surface area (Å²) in [6.07, 6.45) is 11.4. The standard InChI is InChI=1S/C20H38O/c1-15(2)19-11-7-5-9-17(19)13-21-14-18-10-6-8-12-20(18)16(3)4/h15-20H,5-14H2,1-4H3. The van der Waals surface area contributed by atoms with Crippen molar-refractivity contribution in [2.75, 3.05) is 13.2 Å². The number of ether oxygens (including phenoxy) is 1. The van der Waals surface area contributed by atoms with E-state index in [4.69, 9.17) is 4.74 Å². The second kappa shape index (κ2) is 8.56. The minimum absolute atomic E-state index is 0.831. The van der Waals surface area contributed by atoms with Crippen molar-refractivity contribution in [1.29, 1.82) is 0 Å². The summed E-state index contributed by atoms with van der Waals surface area (Å²) in [5.74, 6) is 5.14. The highest BCUT2D eigenvalue weighted by molar-refractivity contribution is 4.79. The third kappa shape index (κ3) is 4.98. The Morgan fingerprint density at radius 2 is 1.05 bits per heavy atom. The van der Waals surface area contributed by atoms with Gasteiger partial charge in [0.2, 0.25) is 0 Å². The van der Waals surface area contributed by atoms with E-state index < -0.39 is 0 Å². The molecular weight excluding hydrogens is 256 g/mol. The molecule has 0 heterocycles. The zero-order valence-corrected chi connectivity index (χ0v) is 14.9.